The molecule has 2 nitrogen and oxygen atoms in total. The fourth-order valence-electron chi connectivity index (χ4n) is 0.643. The van der Waals surface area contributed by atoms with Crippen molar-refractivity contribution < 1.29 is 4.79 Å². The van der Waals surface area contributed by atoms with Crippen LogP contribution in [0.4, 0.5) is 0 Å². The Morgan fingerprint density at radius 1 is 1.78 bits per heavy atom. The molecular formula is C6H7NOS. The van der Waals surface area contributed by atoms with Crippen LogP contribution in [0.15, 0.2) is 18.5 Å². The summed E-state index contributed by atoms with van der Waals surface area (Å²) in [6.45, 7) is 0. The molecule has 0 fully saturated rings. The first-order valence-electron chi connectivity index (χ1n) is 2.62. The fourth-order valence-corrected chi connectivity index (χ4v) is 0.826. The molecule has 9 heavy (non-hydrogen) atoms. The van der Waals surface area contributed by atoms with Crippen molar-refractivity contribution in [3.63, 3.8) is 0 Å². The zero-order valence-electron chi connectivity index (χ0n) is 4.79. The molecule has 1 N–H and O–H groups in total. The van der Waals surface area contributed by atoms with Gasteiger partial charge in [-0.25, -0.2) is 0 Å². The van der Waals surface area contributed by atoms with Crippen molar-refractivity contribution in [1.82, 2.24) is 4.98 Å². The summed E-state index contributed by atoms with van der Waals surface area (Å²) in [6, 6.07) is 1.86. The van der Waals surface area contributed by atoms with Gasteiger partial charge in [-0.1, -0.05) is 0 Å². The molecule has 0 bridgehead atoms. The number of carbonyl (C=O) groups excluding carboxylic acids is 1. The Hall–Kier alpha value is -0.700. The van der Waals surface area contributed by atoms with Crippen LogP contribution in [-0.2, 0) is 11.2 Å². The lowest BCUT2D eigenvalue weighted by atomic mass is 10.3. The second kappa shape index (κ2) is 2.73. The second-order valence-corrected chi connectivity index (χ2v) is 2.29. The minimum atomic E-state index is -0.102. The molecule has 0 aliphatic heterocycles. The lowest BCUT2D eigenvalue weighted by Crippen LogP contribution is -1.89. The molecule has 1 rings (SSSR count). The Balaban J connectivity index is 2.58. The van der Waals surface area contributed by atoms with Gasteiger partial charge in [0.2, 0.25) is 0 Å². The SMILES string of the molecule is O=C(S)Cc1cc[nH]c1. The molecule has 0 amide bonds. The number of aromatic amines is 1. The van der Waals surface area contributed by atoms with Crippen LogP contribution in [0, 0.1) is 0 Å². The van der Waals surface area contributed by atoms with Crippen LogP contribution in [0.25, 0.3) is 0 Å². The Labute approximate surface area is 58.7 Å². The molecular weight excluding hydrogens is 134 g/mol. The summed E-state index contributed by atoms with van der Waals surface area (Å²) >= 11 is 3.63. The van der Waals surface area contributed by atoms with Crippen molar-refractivity contribution in [3.8, 4) is 0 Å². The number of hydrogen-bond donors (Lipinski definition) is 2. The van der Waals surface area contributed by atoms with Gasteiger partial charge < -0.3 is 4.98 Å². The fraction of sp³-hybridized carbons (Fsp3) is 0.167. The van der Waals surface area contributed by atoms with Crippen LogP contribution in [0.5, 0.6) is 0 Å². The molecule has 1 heterocycles. The van der Waals surface area contributed by atoms with E-state index in [0.29, 0.717) is 6.42 Å². The summed E-state index contributed by atoms with van der Waals surface area (Å²) in [5.74, 6) is 0. The topological polar surface area (TPSA) is 32.9 Å². The van der Waals surface area contributed by atoms with Gasteiger partial charge in [-0.2, -0.15) is 0 Å². The van der Waals surface area contributed by atoms with Gasteiger partial charge in [0.05, 0.1) is 0 Å². The molecule has 0 aliphatic rings. The highest BCUT2D eigenvalue weighted by Crippen LogP contribution is 1.99. The first kappa shape index (κ1) is 6.42. The van der Waals surface area contributed by atoms with E-state index in [4.69, 9.17) is 0 Å². The van der Waals surface area contributed by atoms with Crippen LogP contribution in [0.3, 0.4) is 0 Å². The van der Waals surface area contributed by atoms with Crippen LogP contribution < -0.4 is 0 Å². The second-order valence-electron chi connectivity index (χ2n) is 1.79. The average Bonchev–Trinajstić information content (AvgIpc) is 2.15. The first-order chi connectivity index (χ1) is 4.29. The van der Waals surface area contributed by atoms with E-state index in [1.807, 2.05) is 6.07 Å². The molecule has 0 radical (unpaired) electrons. The van der Waals surface area contributed by atoms with Crippen molar-refractivity contribution in [2.75, 3.05) is 0 Å². The number of nitrogens with one attached hydrogen (secondary N) is 1. The maximum absolute atomic E-state index is 10.4. The lowest BCUT2D eigenvalue weighted by Gasteiger charge is -1.85. The number of carbonyl (C=O) groups is 1. The van der Waals surface area contributed by atoms with Gasteiger partial charge in [0.15, 0.2) is 5.12 Å². The van der Waals surface area contributed by atoms with Crippen LogP contribution in [0.2, 0.25) is 0 Å². The minimum Gasteiger partial charge on any atom is -0.367 e. The first-order valence-corrected chi connectivity index (χ1v) is 3.07. The van der Waals surface area contributed by atoms with Crippen molar-refractivity contribution >= 4 is 17.7 Å². The van der Waals surface area contributed by atoms with Crippen molar-refractivity contribution in [3.05, 3.63) is 24.0 Å². The molecule has 48 valence electrons. The van der Waals surface area contributed by atoms with E-state index in [2.05, 4.69) is 17.6 Å². The van der Waals surface area contributed by atoms with E-state index in [1.165, 1.54) is 0 Å². The highest BCUT2D eigenvalue weighted by Gasteiger charge is 1.95. The Morgan fingerprint density at radius 2 is 2.56 bits per heavy atom. The molecule has 0 aromatic carbocycles. The molecule has 0 unspecified atom stereocenters. The van der Waals surface area contributed by atoms with Gasteiger partial charge in [0, 0.05) is 18.8 Å². The normalized spacial score (nSPS) is 9.44. The number of hydrogen-bond acceptors (Lipinski definition) is 1. The zero-order valence-corrected chi connectivity index (χ0v) is 5.69. The van der Waals surface area contributed by atoms with E-state index in [1.54, 1.807) is 12.4 Å². The number of aromatic nitrogens is 1. The van der Waals surface area contributed by atoms with Crippen LogP contribution >= 0.6 is 12.6 Å². The van der Waals surface area contributed by atoms with E-state index in [0.717, 1.165) is 5.56 Å². The third-order valence-electron chi connectivity index (χ3n) is 1.02. The van der Waals surface area contributed by atoms with Crippen LogP contribution in [-0.4, -0.2) is 10.1 Å². The largest absolute Gasteiger partial charge is 0.367 e. The predicted octanol–water partition coefficient (Wildman–Crippen LogP) is 1.01. The van der Waals surface area contributed by atoms with Gasteiger partial charge in [0.1, 0.15) is 0 Å². The zero-order chi connectivity index (χ0) is 6.69. The summed E-state index contributed by atoms with van der Waals surface area (Å²) in [5.41, 5.74) is 0.981. The molecule has 0 saturated carbocycles. The van der Waals surface area contributed by atoms with E-state index in [-0.39, 0.29) is 5.12 Å². The third kappa shape index (κ3) is 1.93. The summed E-state index contributed by atoms with van der Waals surface area (Å²) < 4.78 is 0. The lowest BCUT2D eigenvalue weighted by molar-refractivity contribution is -0.110. The van der Waals surface area contributed by atoms with Crippen LogP contribution in [0.1, 0.15) is 5.56 Å². The van der Waals surface area contributed by atoms with Crippen molar-refractivity contribution in [2.24, 2.45) is 0 Å². The number of thiol groups is 1. The molecule has 3 heteroatoms. The Bertz CT molecular complexity index is 193. The van der Waals surface area contributed by atoms with Gasteiger partial charge in [0.25, 0.3) is 0 Å². The van der Waals surface area contributed by atoms with E-state index in [9.17, 15) is 4.79 Å². The Morgan fingerprint density at radius 3 is 3.00 bits per heavy atom. The molecule has 0 atom stereocenters. The predicted molar refractivity (Wildman–Crippen MR) is 38.5 cm³/mol. The Kier molecular flexibility index (Phi) is 1.95. The summed E-state index contributed by atoms with van der Waals surface area (Å²) in [6.07, 6.45) is 3.98. The molecule has 0 aliphatic carbocycles. The standard InChI is InChI=1S/C6H7NOS/c8-6(9)3-5-1-2-7-4-5/h1-2,4,7H,3H2,(H,8,9). The molecule has 0 saturated heterocycles. The summed E-state index contributed by atoms with van der Waals surface area (Å²) in [5, 5.41) is -0.102. The monoisotopic (exact) mass is 141 g/mol. The highest BCUT2D eigenvalue weighted by molar-refractivity contribution is 7.96. The summed E-state index contributed by atoms with van der Waals surface area (Å²) in [4.78, 5) is 13.2. The van der Waals surface area contributed by atoms with Gasteiger partial charge in [-0.05, 0) is 11.6 Å². The summed E-state index contributed by atoms with van der Waals surface area (Å²) in [7, 11) is 0. The van der Waals surface area contributed by atoms with Crippen molar-refractivity contribution in [2.45, 2.75) is 6.42 Å². The van der Waals surface area contributed by atoms with Gasteiger partial charge in [-0.3, -0.25) is 4.79 Å². The number of H-pyrrole nitrogens is 1. The maximum atomic E-state index is 10.4. The molecule has 1 aromatic heterocycles. The molecule has 0 spiro atoms. The minimum absolute atomic E-state index is 0.102. The third-order valence-corrected chi connectivity index (χ3v) is 1.18. The number of rotatable bonds is 2. The molecule has 1 aromatic rings. The van der Waals surface area contributed by atoms with Gasteiger partial charge in [-0.15, -0.1) is 12.6 Å². The van der Waals surface area contributed by atoms with Crippen molar-refractivity contribution in [1.29, 1.82) is 0 Å². The highest BCUT2D eigenvalue weighted by atomic mass is 32.1. The van der Waals surface area contributed by atoms with Gasteiger partial charge >= 0.3 is 0 Å². The van der Waals surface area contributed by atoms with E-state index < -0.39 is 0 Å². The maximum Gasteiger partial charge on any atom is 0.190 e. The average molecular weight is 141 g/mol. The van der Waals surface area contributed by atoms with E-state index >= 15 is 0 Å². The quantitative estimate of drug-likeness (QED) is 0.592. The smallest absolute Gasteiger partial charge is 0.190 e.